The zero-order valence-corrected chi connectivity index (χ0v) is 11.8. The molecule has 0 bridgehead atoms. The molecule has 0 spiro atoms. The maximum Gasteiger partial charge on any atom is 0.190 e. The van der Waals surface area contributed by atoms with Crippen LogP contribution in [-0.4, -0.2) is 19.2 Å². The molecule has 106 valence electrons. The van der Waals surface area contributed by atoms with Crippen molar-refractivity contribution in [3.63, 3.8) is 0 Å². The van der Waals surface area contributed by atoms with Gasteiger partial charge in [0.05, 0.1) is 14.2 Å². The molecule has 0 saturated heterocycles. The Morgan fingerprint density at radius 3 is 2.24 bits per heavy atom. The molecule has 21 heavy (non-hydrogen) atoms. The zero-order valence-electron chi connectivity index (χ0n) is 11.8. The first-order chi connectivity index (χ1) is 10.2. The summed E-state index contributed by atoms with van der Waals surface area (Å²) in [5.74, 6) is 1.36. The fraction of sp³-hybridized carbons (Fsp3) is 0.118. The van der Waals surface area contributed by atoms with E-state index in [1.807, 2.05) is 36.4 Å². The Balaban J connectivity index is 2.22. The molecular weight excluding hydrogens is 266 g/mol. The molecule has 2 aromatic carbocycles. The topological polar surface area (TPSA) is 51.3 Å². The normalized spacial score (nSPS) is 10.6. The first-order valence-electron chi connectivity index (χ1n) is 6.57. The van der Waals surface area contributed by atoms with Gasteiger partial charge in [-0.15, -0.1) is 0 Å². The van der Waals surface area contributed by atoms with E-state index in [-0.39, 0.29) is 5.43 Å². The molecule has 1 aromatic heterocycles. The quantitative estimate of drug-likeness (QED) is 0.802. The second-order valence-corrected chi connectivity index (χ2v) is 4.69. The molecule has 0 unspecified atom stereocenters. The molecule has 4 heteroatoms. The average molecular weight is 281 g/mol. The second kappa shape index (κ2) is 5.32. The van der Waals surface area contributed by atoms with Crippen LogP contribution in [0, 0.1) is 0 Å². The van der Waals surface area contributed by atoms with Gasteiger partial charge < -0.3 is 14.5 Å². The molecule has 0 aliphatic carbocycles. The molecule has 0 radical (unpaired) electrons. The molecule has 3 aromatic rings. The van der Waals surface area contributed by atoms with Crippen LogP contribution in [-0.2, 0) is 0 Å². The van der Waals surface area contributed by atoms with Gasteiger partial charge in [-0.05, 0) is 24.3 Å². The Labute approximate surface area is 122 Å². The van der Waals surface area contributed by atoms with Gasteiger partial charge in [0.2, 0.25) is 0 Å². The number of H-pyrrole nitrogens is 1. The van der Waals surface area contributed by atoms with Crippen molar-refractivity contribution in [1.29, 1.82) is 0 Å². The summed E-state index contributed by atoms with van der Waals surface area (Å²) in [7, 11) is 3.20. The SMILES string of the molecule is COc1cc(OC)cc(-c2cc(=O)c3ccccc3[nH]2)c1. The van der Waals surface area contributed by atoms with Crippen LogP contribution in [0.4, 0.5) is 0 Å². The molecule has 0 saturated carbocycles. The highest BCUT2D eigenvalue weighted by atomic mass is 16.5. The third kappa shape index (κ3) is 2.48. The van der Waals surface area contributed by atoms with Crippen molar-refractivity contribution in [3.05, 3.63) is 58.8 Å². The van der Waals surface area contributed by atoms with E-state index in [0.29, 0.717) is 16.9 Å². The van der Waals surface area contributed by atoms with Gasteiger partial charge in [-0.2, -0.15) is 0 Å². The average Bonchev–Trinajstić information content (AvgIpc) is 2.54. The summed E-state index contributed by atoms with van der Waals surface area (Å²) in [6.07, 6.45) is 0. The minimum absolute atomic E-state index is 0.0128. The lowest BCUT2D eigenvalue weighted by Gasteiger charge is -2.09. The van der Waals surface area contributed by atoms with E-state index in [0.717, 1.165) is 16.8 Å². The van der Waals surface area contributed by atoms with Crippen molar-refractivity contribution in [3.8, 4) is 22.8 Å². The number of methoxy groups -OCH3 is 2. The number of fused-ring (bicyclic) bond motifs is 1. The van der Waals surface area contributed by atoms with Crippen LogP contribution in [0.5, 0.6) is 11.5 Å². The Morgan fingerprint density at radius 1 is 0.905 bits per heavy atom. The number of nitrogens with one attached hydrogen (secondary N) is 1. The molecule has 0 amide bonds. The summed E-state index contributed by atoms with van der Waals surface area (Å²) in [6.45, 7) is 0. The van der Waals surface area contributed by atoms with Crippen molar-refractivity contribution in [2.45, 2.75) is 0 Å². The molecule has 0 atom stereocenters. The minimum atomic E-state index is -0.0128. The summed E-state index contributed by atoms with van der Waals surface area (Å²) >= 11 is 0. The largest absolute Gasteiger partial charge is 0.497 e. The molecule has 3 rings (SSSR count). The van der Waals surface area contributed by atoms with E-state index in [9.17, 15) is 4.79 Å². The van der Waals surface area contributed by atoms with Gasteiger partial charge in [0.25, 0.3) is 0 Å². The lowest BCUT2D eigenvalue weighted by atomic mass is 10.1. The van der Waals surface area contributed by atoms with Crippen molar-refractivity contribution in [1.82, 2.24) is 4.98 Å². The highest BCUT2D eigenvalue weighted by molar-refractivity contribution is 5.81. The number of hydrogen-bond acceptors (Lipinski definition) is 3. The fourth-order valence-corrected chi connectivity index (χ4v) is 2.32. The van der Waals surface area contributed by atoms with Crippen LogP contribution in [0.1, 0.15) is 0 Å². The van der Waals surface area contributed by atoms with E-state index in [1.165, 1.54) is 0 Å². The number of aromatic nitrogens is 1. The molecule has 1 N–H and O–H groups in total. The van der Waals surface area contributed by atoms with Crippen LogP contribution in [0.2, 0.25) is 0 Å². The summed E-state index contributed by atoms with van der Waals surface area (Å²) in [5.41, 5.74) is 2.37. The van der Waals surface area contributed by atoms with Gasteiger partial charge in [-0.25, -0.2) is 0 Å². The second-order valence-electron chi connectivity index (χ2n) is 4.69. The number of aromatic amines is 1. The van der Waals surface area contributed by atoms with Crippen molar-refractivity contribution < 1.29 is 9.47 Å². The lowest BCUT2D eigenvalue weighted by molar-refractivity contribution is 0.394. The monoisotopic (exact) mass is 281 g/mol. The highest BCUT2D eigenvalue weighted by Crippen LogP contribution is 2.28. The van der Waals surface area contributed by atoms with Gasteiger partial charge >= 0.3 is 0 Å². The number of ether oxygens (including phenoxy) is 2. The number of hydrogen-bond donors (Lipinski definition) is 1. The Morgan fingerprint density at radius 2 is 1.57 bits per heavy atom. The molecule has 0 aliphatic rings. The maximum absolute atomic E-state index is 12.2. The predicted octanol–water partition coefficient (Wildman–Crippen LogP) is 3.21. The minimum Gasteiger partial charge on any atom is -0.497 e. The zero-order chi connectivity index (χ0) is 14.8. The highest BCUT2D eigenvalue weighted by Gasteiger charge is 2.07. The summed E-state index contributed by atoms with van der Waals surface area (Å²) in [5, 5.41) is 0.677. The van der Waals surface area contributed by atoms with E-state index in [4.69, 9.17) is 9.47 Å². The Kier molecular flexibility index (Phi) is 3.36. The van der Waals surface area contributed by atoms with E-state index in [1.54, 1.807) is 26.4 Å². The summed E-state index contributed by atoms with van der Waals surface area (Å²) < 4.78 is 10.5. The van der Waals surface area contributed by atoms with Crippen LogP contribution in [0.3, 0.4) is 0 Å². The predicted molar refractivity (Wildman–Crippen MR) is 83.1 cm³/mol. The lowest BCUT2D eigenvalue weighted by Crippen LogP contribution is -2.02. The van der Waals surface area contributed by atoms with E-state index >= 15 is 0 Å². The Bertz CT molecular complexity index is 830. The molecule has 4 nitrogen and oxygen atoms in total. The number of para-hydroxylation sites is 1. The number of benzene rings is 2. The van der Waals surface area contributed by atoms with Crippen LogP contribution in [0.15, 0.2) is 53.3 Å². The van der Waals surface area contributed by atoms with Crippen LogP contribution in [0.25, 0.3) is 22.2 Å². The standard InChI is InChI=1S/C17H15NO3/c1-20-12-7-11(8-13(9-12)21-2)16-10-17(19)14-5-3-4-6-15(14)18-16/h3-10H,1-2H3,(H,18,19). The summed E-state index contributed by atoms with van der Waals surface area (Å²) in [4.78, 5) is 15.5. The smallest absolute Gasteiger partial charge is 0.190 e. The van der Waals surface area contributed by atoms with Gasteiger partial charge in [0, 0.05) is 34.3 Å². The third-order valence-electron chi connectivity index (χ3n) is 3.40. The van der Waals surface area contributed by atoms with Crippen LogP contribution < -0.4 is 14.9 Å². The first kappa shape index (κ1) is 13.2. The fourth-order valence-electron chi connectivity index (χ4n) is 2.32. The molecular formula is C17H15NO3. The number of pyridine rings is 1. The van der Waals surface area contributed by atoms with Gasteiger partial charge in [0.15, 0.2) is 5.43 Å². The van der Waals surface area contributed by atoms with Crippen molar-refractivity contribution in [2.24, 2.45) is 0 Å². The summed E-state index contributed by atoms with van der Waals surface area (Å²) in [6, 6.07) is 14.6. The molecule has 0 aliphatic heterocycles. The van der Waals surface area contributed by atoms with E-state index in [2.05, 4.69) is 4.98 Å². The first-order valence-corrected chi connectivity index (χ1v) is 6.57. The third-order valence-corrected chi connectivity index (χ3v) is 3.40. The van der Waals surface area contributed by atoms with Gasteiger partial charge in [-0.3, -0.25) is 4.79 Å². The molecule has 0 fully saturated rings. The molecule has 1 heterocycles. The Hall–Kier alpha value is -2.75. The number of rotatable bonds is 3. The van der Waals surface area contributed by atoms with Gasteiger partial charge in [0.1, 0.15) is 11.5 Å². The van der Waals surface area contributed by atoms with Crippen molar-refractivity contribution >= 4 is 10.9 Å². The maximum atomic E-state index is 12.2. The van der Waals surface area contributed by atoms with Gasteiger partial charge in [-0.1, -0.05) is 12.1 Å². The van der Waals surface area contributed by atoms with E-state index < -0.39 is 0 Å². The van der Waals surface area contributed by atoms with Crippen LogP contribution >= 0.6 is 0 Å². The van der Waals surface area contributed by atoms with Crippen molar-refractivity contribution in [2.75, 3.05) is 14.2 Å².